The Hall–Kier alpha value is -0.910. The van der Waals surface area contributed by atoms with Gasteiger partial charge in [-0.3, -0.25) is 0 Å². The van der Waals surface area contributed by atoms with Crippen molar-refractivity contribution in [2.24, 2.45) is 10.3 Å². The van der Waals surface area contributed by atoms with E-state index in [1.165, 1.54) is 6.92 Å². The van der Waals surface area contributed by atoms with Crippen molar-refractivity contribution in [2.75, 3.05) is 0 Å². The van der Waals surface area contributed by atoms with Crippen molar-refractivity contribution in [1.82, 2.24) is 0 Å². The largest absolute Gasteiger partial charge is 0.479 e. The molecule has 0 saturated heterocycles. The van der Waals surface area contributed by atoms with Crippen molar-refractivity contribution in [1.29, 1.82) is 0 Å². The third-order valence-electron chi connectivity index (χ3n) is 3.10. The van der Waals surface area contributed by atoms with E-state index in [1.807, 2.05) is 0 Å². The third-order valence-corrected chi connectivity index (χ3v) is 3.63. The Morgan fingerprint density at radius 1 is 1.33 bits per heavy atom. The lowest BCUT2D eigenvalue weighted by Crippen LogP contribution is -2.42. The number of nitrogens with zero attached hydrogens (tertiary/aromatic N) is 1. The number of aliphatic carboxylic acids is 1. The summed E-state index contributed by atoms with van der Waals surface area (Å²) >= 11 is 0. The molecule has 15 heavy (non-hydrogen) atoms. The maximum absolute atomic E-state index is 11.1. The van der Waals surface area contributed by atoms with E-state index >= 15 is 0 Å². The van der Waals surface area contributed by atoms with Crippen LogP contribution in [-0.2, 0) is 15.3 Å². The Kier molecular flexibility index (Phi) is 3.84. The van der Waals surface area contributed by atoms with Crippen molar-refractivity contribution in [3.05, 3.63) is 0 Å². The average Bonchev–Trinajstić information content (AvgIpc) is 2.17. The molecule has 1 fully saturated rings. The Labute approximate surface area is 90.2 Å². The average molecular weight is 233 g/mol. The number of rotatable bonds is 3. The summed E-state index contributed by atoms with van der Waals surface area (Å²) in [4.78, 5) is 11.1. The minimum atomic E-state index is -2.66. The van der Waals surface area contributed by atoms with Gasteiger partial charge in [0.15, 0.2) is 5.54 Å². The number of carboxylic acid groups (broad SMARTS) is 1. The van der Waals surface area contributed by atoms with Crippen LogP contribution < -0.4 is 0 Å². The first kappa shape index (κ1) is 12.2. The molecule has 0 spiro atoms. The monoisotopic (exact) mass is 233 g/mol. The number of carboxylic acids is 1. The zero-order valence-electron chi connectivity index (χ0n) is 8.64. The molecule has 86 valence electrons. The fourth-order valence-corrected chi connectivity index (χ4v) is 2.64. The normalized spacial score (nSPS) is 21.7. The van der Waals surface area contributed by atoms with Gasteiger partial charge >= 0.3 is 16.5 Å². The molecule has 1 N–H and O–H groups in total. The van der Waals surface area contributed by atoms with Crippen LogP contribution >= 0.6 is 0 Å². The topological polar surface area (TPSA) is 83.8 Å². The molecule has 0 aromatic carbocycles. The second-order valence-corrected chi connectivity index (χ2v) is 4.71. The summed E-state index contributed by atoms with van der Waals surface area (Å²) in [7, 11) is -2.66. The predicted octanol–water partition coefficient (Wildman–Crippen LogP) is 1.47. The quantitative estimate of drug-likeness (QED) is 0.800. The summed E-state index contributed by atoms with van der Waals surface area (Å²) in [5.74, 6) is -1.32. The summed E-state index contributed by atoms with van der Waals surface area (Å²) in [6.45, 7) is 1.39. The van der Waals surface area contributed by atoms with Crippen LogP contribution in [0.5, 0.6) is 0 Å². The Bertz CT molecular complexity index is 362. The molecule has 1 saturated carbocycles. The van der Waals surface area contributed by atoms with Gasteiger partial charge in [-0.1, -0.05) is 19.3 Å². The summed E-state index contributed by atoms with van der Waals surface area (Å²) in [6.07, 6.45) is 4.47. The van der Waals surface area contributed by atoms with Crippen molar-refractivity contribution in [2.45, 2.75) is 44.6 Å². The van der Waals surface area contributed by atoms with Crippen molar-refractivity contribution in [3.63, 3.8) is 0 Å². The second kappa shape index (κ2) is 4.74. The lowest BCUT2D eigenvalue weighted by molar-refractivity contribution is -0.145. The molecule has 1 atom stereocenters. The molecule has 5 nitrogen and oxygen atoms in total. The van der Waals surface area contributed by atoms with Gasteiger partial charge in [0.1, 0.15) is 0 Å². The predicted molar refractivity (Wildman–Crippen MR) is 54.0 cm³/mol. The SMILES string of the molecule is CC(N=S(=O)=O)(C(=O)O)C1CCCCC1. The van der Waals surface area contributed by atoms with Crippen LogP contribution in [0.25, 0.3) is 0 Å². The molecule has 0 aromatic heterocycles. The molecule has 1 aliphatic rings. The fraction of sp³-hybridized carbons (Fsp3) is 0.889. The van der Waals surface area contributed by atoms with Crippen molar-refractivity contribution < 1.29 is 18.3 Å². The zero-order chi connectivity index (χ0) is 11.5. The van der Waals surface area contributed by atoms with E-state index in [9.17, 15) is 13.2 Å². The van der Waals surface area contributed by atoms with E-state index < -0.39 is 22.0 Å². The molecule has 0 amide bonds. The van der Waals surface area contributed by atoms with Crippen LogP contribution in [0.15, 0.2) is 4.36 Å². The molecule has 1 unspecified atom stereocenters. The fourth-order valence-electron chi connectivity index (χ4n) is 2.11. The van der Waals surface area contributed by atoms with Gasteiger partial charge in [0.05, 0.1) is 0 Å². The number of hydrogen-bond acceptors (Lipinski definition) is 4. The lowest BCUT2D eigenvalue weighted by atomic mass is 9.76. The summed E-state index contributed by atoms with van der Waals surface area (Å²) in [6, 6.07) is 0. The Morgan fingerprint density at radius 3 is 2.27 bits per heavy atom. The first-order chi connectivity index (χ1) is 6.97. The first-order valence-corrected chi connectivity index (χ1v) is 6.05. The van der Waals surface area contributed by atoms with E-state index in [0.717, 1.165) is 32.1 Å². The van der Waals surface area contributed by atoms with Crippen LogP contribution in [-0.4, -0.2) is 25.0 Å². The molecule has 1 rings (SSSR count). The second-order valence-electron chi connectivity index (χ2n) is 4.10. The smallest absolute Gasteiger partial charge is 0.332 e. The van der Waals surface area contributed by atoms with Crippen LogP contribution in [0.2, 0.25) is 0 Å². The number of carbonyl (C=O) groups is 1. The highest BCUT2D eigenvalue weighted by atomic mass is 32.2. The van der Waals surface area contributed by atoms with Gasteiger partial charge in [-0.25, -0.2) is 4.79 Å². The Balaban J connectivity index is 2.99. The Morgan fingerprint density at radius 2 is 1.87 bits per heavy atom. The minimum absolute atomic E-state index is 0.165. The highest BCUT2D eigenvalue weighted by molar-refractivity contribution is 7.61. The van der Waals surface area contributed by atoms with Crippen LogP contribution in [0.4, 0.5) is 0 Å². The third kappa shape index (κ3) is 2.77. The minimum Gasteiger partial charge on any atom is -0.479 e. The molecule has 6 heteroatoms. The van der Waals surface area contributed by atoms with Crippen LogP contribution in [0.1, 0.15) is 39.0 Å². The zero-order valence-corrected chi connectivity index (χ0v) is 9.46. The van der Waals surface area contributed by atoms with E-state index in [2.05, 4.69) is 4.36 Å². The van der Waals surface area contributed by atoms with E-state index in [1.54, 1.807) is 0 Å². The number of hydrogen-bond donors (Lipinski definition) is 1. The van der Waals surface area contributed by atoms with Crippen molar-refractivity contribution >= 4 is 16.5 Å². The van der Waals surface area contributed by atoms with Crippen LogP contribution in [0, 0.1) is 5.92 Å². The van der Waals surface area contributed by atoms with Gasteiger partial charge in [0.25, 0.3) is 0 Å². The van der Waals surface area contributed by atoms with Gasteiger partial charge in [0, 0.05) is 0 Å². The molecular weight excluding hydrogens is 218 g/mol. The molecule has 1 aliphatic carbocycles. The highest BCUT2D eigenvalue weighted by Gasteiger charge is 2.42. The molecule has 0 aliphatic heterocycles. The van der Waals surface area contributed by atoms with Gasteiger partial charge < -0.3 is 5.11 Å². The molecule has 0 aromatic rings. The summed E-state index contributed by atoms with van der Waals surface area (Å²) < 4.78 is 24.4. The van der Waals surface area contributed by atoms with E-state index in [4.69, 9.17) is 5.11 Å². The van der Waals surface area contributed by atoms with Crippen LogP contribution in [0.3, 0.4) is 0 Å². The molecule has 0 bridgehead atoms. The highest BCUT2D eigenvalue weighted by Crippen LogP contribution is 2.35. The van der Waals surface area contributed by atoms with Gasteiger partial charge in [-0.05, 0) is 25.7 Å². The molecular formula is C9H15NO4S. The first-order valence-electron chi connectivity index (χ1n) is 5.02. The standard InChI is InChI=1S/C9H15NO4S/c1-9(8(11)12,10-15(13)14)7-5-3-2-4-6-7/h7H,2-6H2,1H3,(H,11,12). The summed E-state index contributed by atoms with van der Waals surface area (Å²) in [5.41, 5.74) is -1.48. The van der Waals surface area contributed by atoms with Gasteiger partial charge in [-0.2, -0.15) is 12.8 Å². The van der Waals surface area contributed by atoms with E-state index in [0.29, 0.717) is 0 Å². The van der Waals surface area contributed by atoms with E-state index in [-0.39, 0.29) is 5.92 Å². The maximum Gasteiger partial charge on any atom is 0.332 e. The van der Waals surface area contributed by atoms with Crippen molar-refractivity contribution in [3.8, 4) is 0 Å². The van der Waals surface area contributed by atoms with Gasteiger partial charge in [-0.15, -0.1) is 0 Å². The summed E-state index contributed by atoms with van der Waals surface area (Å²) in [5, 5.41) is 9.07. The van der Waals surface area contributed by atoms with Gasteiger partial charge in [0.2, 0.25) is 0 Å². The molecule has 0 heterocycles. The lowest BCUT2D eigenvalue weighted by Gasteiger charge is -2.31. The maximum atomic E-state index is 11.1. The molecule has 0 radical (unpaired) electrons.